The van der Waals surface area contributed by atoms with Crippen molar-refractivity contribution >= 4 is 40.9 Å². The quantitative estimate of drug-likeness (QED) is 0.171. The number of nitrogens with one attached hydrogen (secondary N) is 2. The Balaban J connectivity index is 1.51. The topological polar surface area (TPSA) is 107 Å². The van der Waals surface area contributed by atoms with Gasteiger partial charge in [0.1, 0.15) is 5.82 Å². The van der Waals surface area contributed by atoms with Crippen molar-refractivity contribution in [1.82, 2.24) is 20.1 Å². The number of alkyl halides is 3. The van der Waals surface area contributed by atoms with Gasteiger partial charge < -0.3 is 20.1 Å². The monoisotopic (exact) mass is 623 g/mol. The Labute approximate surface area is 246 Å². The molecule has 1 aromatic heterocycles. The minimum absolute atomic E-state index is 0.0664. The highest BCUT2D eigenvalue weighted by atomic mass is 35.5. The molecule has 0 aliphatic rings. The van der Waals surface area contributed by atoms with Crippen LogP contribution in [-0.4, -0.2) is 46.6 Å². The number of amides is 2. The second-order valence-electron chi connectivity index (χ2n) is 8.49. The number of rotatable bonds is 10. The van der Waals surface area contributed by atoms with Gasteiger partial charge in [-0.05, 0) is 60.7 Å². The van der Waals surface area contributed by atoms with Gasteiger partial charge in [-0.15, -0.1) is 10.2 Å². The summed E-state index contributed by atoms with van der Waals surface area (Å²) in [7, 11) is 2.91. The largest absolute Gasteiger partial charge is 0.493 e. The van der Waals surface area contributed by atoms with Gasteiger partial charge in [0.25, 0.3) is 5.91 Å². The van der Waals surface area contributed by atoms with Crippen molar-refractivity contribution in [2.24, 2.45) is 0 Å². The van der Waals surface area contributed by atoms with Gasteiger partial charge in [0.15, 0.2) is 22.5 Å². The Kier molecular flexibility index (Phi) is 9.58. The number of thioether (sulfide) groups is 1. The SMILES string of the molecule is COc1ccc(C(=O)NCc2nnc(SCC(=O)Nc3cc(C(F)(F)F)ccc3Cl)n2-c2ccc(F)cc2)cc1OC. The molecule has 42 heavy (non-hydrogen) atoms. The number of carbonyl (C=O) groups is 2. The fraction of sp³-hybridized carbons (Fsp3) is 0.185. The van der Waals surface area contributed by atoms with E-state index in [-0.39, 0.29) is 34.0 Å². The van der Waals surface area contributed by atoms with Crippen LogP contribution in [0.25, 0.3) is 5.69 Å². The van der Waals surface area contributed by atoms with Crippen LogP contribution in [0.4, 0.5) is 23.2 Å². The van der Waals surface area contributed by atoms with Crippen molar-refractivity contribution in [2.75, 3.05) is 25.3 Å². The van der Waals surface area contributed by atoms with Crippen LogP contribution in [0.3, 0.4) is 0 Å². The van der Waals surface area contributed by atoms with E-state index in [9.17, 15) is 27.2 Å². The number of methoxy groups -OCH3 is 2. The Morgan fingerprint density at radius 3 is 2.36 bits per heavy atom. The molecule has 4 aromatic rings. The van der Waals surface area contributed by atoms with E-state index >= 15 is 0 Å². The van der Waals surface area contributed by atoms with Gasteiger partial charge in [-0.3, -0.25) is 14.2 Å². The molecular formula is C27H22ClF4N5O4S. The molecule has 0 saturated carbocycles. The van der Waals surface area contributed by atoms with Crippen LogP contribution in [0, 0.1) is 5.82 Å². The zero-order chi connectivity index (χ0) is 30.4. The Morgan fingerprint density at radius 1 is 0.976 bits per heavy atom. The predicted octanol–water partition coefficient (Wildman–Crippen LogP) is 5.76. The van der Waals surface area contributed by atoms with Crippen molar-refractivity contribution < 1.29 is 36.6 Å². The number of hydrogen-bond donors (Lipinski definition) is 2. The molecule has 1 heterocycles. The molecule has 9 nitrogen and oxygen atoms in total. The molecular weight excluding hydrogens is 602 g/mol. The molecule has 0 unspecified atom stereocenters. The minimum Gasteiger partial charge on any atom is -0.493 e. The van der Waals surface area contributed by atoms with Crippen molar-refractivity contribution in [3.05, 3.63) is 88.5 Å². The minimum atomic E-state index is -4.62. The molecule has 0 atom stereocenters. The molecule has 0 saturated heterocycles. The van der Waals surface area contributed by atoms with Crippen molar-refractivity contribution in [3.8, 4) is 17.2 Å². The third kappa shape index (κ3) is 7.31. The normalized spacial score (nSPS) is 11.2. The summed E-state index contributed by atoms with van der Waals surface area (Å²) in [6.45, 7) is -0.0931. The first-order chi connectivity index (χ1) is 20.0. The van der Waals surface area contributed by atoms with E-state index in [0.29, 0.717) is 22.7 Å². The summed E-state index contributed by atoms with van der Waals surface area (Å²) in [6.07, 6.45) is -4.62. The van der Waals surface area contributed by atoms with Crippen LogP contribution in [0.15, 0.2) is 65.8 Å². The van der Waals surface area contributed by atoms with E-state index in [2.05, 4.69) is 20.8 Å². The first-order valence-corrected chi connectivity index (χ1v) is 13.4. The maximum Gasteiger partial charge on any atom is 0.416 e. The molecule has 2 amide bonds. The molecule has 4 rings (SSSR count). The van der Waals surface area contributed by atoms with Crippen LogP contribution in [0.5, 0.6) is 11.5 Å². The van der Waals surface area contributed by atoms with Crippen LogP contribution >= 0.6 is 23.4 Å². The van der Waals surface area contributed by atoms with E-state index in [4.69, 9.17) is 21.1 Å². The number of ether oxygens (including phenoxy) is 2. The summed E-state index contributed by atoms with van der Waals surface area (Å²) in [6, 6.07) is 12.6. The van der Waals surface area contributed by atoms with Crippen molar-refractivity contribution in [1.29, 1.82) is 0 Å². The first kappa shape index (κ1) is 30.7. The maximum atomic E-state index is 13.6. The highest BCUT2D eigenvalue weighted by molar-refractivity contribution is 7.99. The summed E-state index contributed by atoms with van der Waals surface area (Å²) in [4.78, 5) is 25.4. The summed E-state index contributed by atoms with van der Waals surface area (Å²) in [5.74, 6) is -0.784. The number of halogens is 5. The lowest BCUT2D eigenvalue weighted by Gasteiger charge is -2.13. The third-order valence-electron chi connectivity index (χ3n) is 5.74. The highest BCUT2D eigenvalue weighted by Gasteiger charge is 2.31. The average Bonchev–Trinajstić information content (AvgIpc) is 3.38. The molecule has 0 radical (unpaired) electrons. The predicted molar refractivity (Wildman–Crippen MR) is 148 cm³/mol. The van der Waals surface area contributed by atoms with Crippen LogP contribution in [0.2, 0.25) is 5.02 Å². The molecule has 0 spiro atoms. The number of nitrogens with zero attached hydrogens (tertiary/aromatic N) is 3. The molecule has 220 valence electrons. The molecule has 0 fully saturated rings. The molecule has 0 aliphatic carbocycles. The number of hydrogen-bond acceptors (Lipinski definition) is 7. The number of carbonyl (C=O) groups excluding carboxylic acids is 2. The van der Waals surface area contributed by atoms with Gasteiger partial charge in [0, 0.05) is 11.3 Å². The zero-order valence-corrected chi connectivity index (χ0v) is 23.5. The number of benzene rings is 3. The first-order valence-electron chi connectivity index (χ1n) is 12.0. The molecule has 15 heteroatoms. The third-order valence-corrected chi connectivity index (χ3v) is 7.00. The Bertz CT molecular complexity index is 1600. The number of aromatic nitrogens is 3. The van der Waals surface area contributed by atoms with Gasteiger partial charge in [-0.1, -0.05) is 23.4 Å². The summed E-state index contributed by atoms with van der Waals surface area (Å²) >= 11 is 6.90. The fourth-order valence-electron chi connectivity index (χ4n) is 3.71. The van der Waals surface area contributed by atoms with Gasteiger partial charge in [0.05, 0.1) is 42.8 Å². The number of anilines is 1. The summed E-state index contributed by atoms with van der Waals surface area (Å²) < 4.78 is 64.8. The van der Waals surface area contributed by atoms with Gasteiger partial charge in [-0.25, -0.2) is 4.39 Å². The van der Waals surface area contributed by atoms with Gasteiger partial charge >= 0.3 is 6.18 Å². The van der Waals surface area contributed by atoms with Crippen molar-refractivity contribution in [3.63, 3.8) is 0 Å². The second-order valence-corrected chi connectivity index (χ2v) is 9.84. The second kappa shape index (κ2) is 13.1. The molecule has 3 aromatic carbocycles. The van der Waals surface area contributed by atoms with Gasteiger partial charge in [-0.2, -0.15) is 13.2 Å². The molecule has 0 aliphatic heterocycles. The van der Waals surface area contributed by atoms with E-state index in [0.717, 1.165) is 30.0 Å². The zero-order valence-electron chi connectivity index (χ0n) is 22.0. The lowest BCUT2D eigenvalue weighted by Crippen LogP contribution is -2.24. The fourth-order valence-corrected chi connectivity index (χ4v) is 4.65. The molecule has 2 N–H and O–H groups in total. The average molecular weight is 624 g/mol. The lowest BCUT2D eigenvalue weighted by atomic mass is 10.2. The summed E-state index contributed by atoms with van der Waals surface area (Å²) in [5, 5.41) is 13.5. The van der Waals surface area contributed by atoms with E-state index in [1.54, 1.807) is 12.1 Å². The van der Waals surface area contributed by atoms with Crippen LogP contribution in [-0.2, 0) is 17.5 Å². The van der Waals surface area contributed by atoms with Crippen LogP contribution < -0.4 is 20.1 Å². The Hall–Kier alpha value is -4.30. The summed E-state index contributed by atoms with van der Waals surface area (Å²) in [5.41, 5.74) is -0.429. The Morgan fingerprint density at radius 2 is 1.69 bits per heavy atom. The van der Waals surface area contributed by atoms with E-state index < -0.39 is 29.4 Å². The highest BCUT2D eigenvalue weighted by Crippen LogP contribution is 2.34. The van der Waals surface area contributed by atoms with E-state index in [1.807, 2.05) is 0 Å². The van der Waals surface area contributed by atoms with Gasteiger partial charge in [0.2, 0.25) is 5.91 Å². The molecule has 0 bridgehead atoms. The van der Waals surface area contributed by atoms with Crippen molar-refractivity contribution in [2.45, 2.75) is 17.9 Å². The van der Waals surface area contributed by atoms with E-state index in [1.165, 1.54) is 49.1 Å². The van der Waals surface area contributed by atoms with Crippen LogP contribution in [0.1, 0.15) is 21.7 Å². The standard InChI is InChI=1S/C27H22ClF4N5O4S/c1-40-21-10-3-15(11-22(21)41-2)25(39)33-13-23-35-36-26(37(23)18-7-5-17(29)6-8-18)42-14-24(38)34-20-12-16(27(30,31)32)4-9-19(20)28/h3-12H,13-14H2,1-2H3,(H,33,39)(H,34,38). The lowest BCUT2D eigenvalue weighted by molar-refractivity contribution is -0.137. The smallest absolute Gasteiger partial charge is 0.416 e. The maximum absolute atomic E-state index is 13.6.